The van der Waals surface area contributed by atoms with Crippen LogP contribution >= 0.6 is 11.8 Å². The summed E-state index contributed by atoms with van der Waals surface area (Å²) in [6.45, 7) is 7.73. The first-order chi connectivity index (χ1) is 10.4. The molecule has 1 aliphatic rings. The summed E-state index contributed by atoms with van der Waals surface area (Å²) in [5, 5.41) is 12.9. The summed E-state index contributed by atoms with van der Waals surface area (Å²) in [6, 6.07) is 2.55. The molecule has 22 heavy (non-hydrogen) atoms. The number of pyridine rings is 1. The van der Waals surface area contributed by atoms with Crippen LogP contribution in [0.25, 0.3) is 0 Å². The number of aryl methyl sites for hydroxylation is 1. The number of thioether (sulfide) groups is 1. The van der Waals surface area contributed by atoms with Crippen molar-refractivity contribution in [2.75, 3.05) is 0 Å². The molecule has 1 amide bonds. The van der Waals surface area contributed by atoms with Crippen molar-refractivity contribution in [2.45, 2.75) is 69.7 Å². The molecule has 1 aromatic heterocycles. The highest BCUT2D eigenvalue weighted by Gasteiger charge is 2.23. The lowest BCUT2D eigenvalue weighted by atomic mass is 10.1. The third-order valence-corrected chi connectivity index (χ3v) is 5.52. The third kappa shape index (κ3) is 3.61. The van der Waals surface area contributed by atoms with E-state index in [1.807, 2.05) is 27.7 Å². The predicted molar refractivity (Wildman–Crippen MR) is 88.9 cm³/mol. The number of hydrogen-bond acceptors (Lipinski definition) is 4. The zero-order chi connectivity index (χ0) is 16.3. The fraction of sp³-hybridized carbons (Fsp3) is 0.588. The van der Waals surface area contributed by atoms with Crippen molar-refractivity contribution >= 4 is 17.7 Å². The molecule has 0 spiro atoms. The second-order valence-electron chi connectivity index (χ2n) is 5.99. The molecule has 0 bridgehead atoms. The zero-order valence-electron chi connectivity index (χ0n) is 13.7. The number of nitrogens with one attached hydrogen (secondary N) is 1. The van der Waals surface area contributed by atoms with Crippen LogP contribution in [0, 0.1) is 32.1 Å². The van der Waals surface area contributed by atoms with Crippen LogP contribution < -0.4 is 5.32 Å². The van der Waals surface area contributed by atoms with Crippen LogP contribution in [-0.2, 0) is 4.79 Å². The van der Waals surface area contributed by atoms with E-state index in [4.69, 9.17) is 0 Å². The van der Waals surface area contributed by atoms with Crippen molar-refractivity contribution in [3.8, 4) is 6.07 Å². The number of aromatic nitrogens is 1. The molecule has 0 aliphatic heterocycles. The van der Waals surface area contributed by atoms with E-state index in [0.717, 1.165) is 29.7 Å². The summed E-state index contributed by atoms with van der Waals surface area (Å²) in [5.41, 5.74) is 3.51. The average molecular weight is 317 g/mol. The molecule has 1 aliphatic carbocycles. The Kier molecular flexibility index (Phi) is 5.47. The van der Waals surface area contributed by atoms with Gasteiger partial charge in [-0.15, -0.1) is 0 Å². The van der Waals surface area contributed by atoms with Crippen LogP contribution in [0.2, 0.25) is 0 Å². The largest absolute Gasteiger partial charge is 0.352 e. The summed E-state index contributed by atoms with van der Waals surface area (Å²) < 4.78 is 0. The Hall–Kier alpha value is -1.54. The van der Waals surface area contributed by atoms with Gasteiger partial charge in [-0.1, -0.05) is 24.6 Å². The molecular weight excluding hydrogens is 294 g/mol. The Bertz CT molecular complexity index is 615. The highest BCUT2D eigenvalue weighted by molar-refractivity contribution is 8.00. The first kappa shape index (κ1) is 16.8. The van der Waals surface area contributed by atoms with Crippen molar-refractivity contribution in [3.63, 3.8) is 0 Å². The number of nitrogens with zero attached hydrogens (tertiary/aromatic N) is 2. The van der Waals surface area contributed by atoms with Crippen LogP contribution in [0.4, 0.5) is 0 Å². The molecule has 118 valence electrons. The third-order valence-electron chi connectivity index (χ3n) is 4.43. The Labute approximate surface area is 136 Å². The molecule has 0 saturated heterocycles. The second-order valence-corrected chi connectivity index (χ2v) is 7.32. The van der Waals surface area contributed by atoms with E-state index in [-0.39, 0.29) is 11.2 Å². The fourth-order valence-electron chi connectivity index (χ4n) is 2.74. The maximum atomic E-state index is 12.3. The maximum absolute atomic E-state index is 12.3. The van der Waals surface area contributed by atoms with E-state index in [2.05, 4.69) is 16.4 Å². The van der Waals surface area contributed by atoms with E-state index >= 15 is 0 Å². The number of amides is 1. The summed E-state index contributed by atoms with van der Waals surface area (Å²) in [7, 11) is 0. The SMILES string of the molecule is Cc1nc(S[C@@H](C)C(=O)NC2CCCC2)c(C#N)c(C)c1C. The van der Waals surface area contributed by atoms with Gasteiger partial charge in [-0.05, 0) is 51.7 Å². The Balaban J connectivity index is 2.12. The average Bonchev–Trinajstić information content (AvgIpc) is 2.98. The van der Waals surface area contributed by atoms with Gasteiger partial charge in [0.05, 0.1) is 10.8 Å². The summed E-state index contributed by atoms with van der Waals surface area (Å²) in [4.78, 5) is 16.8. The molecular formula is C17H23N3OS. The second kappa shape index (κ2) is 7.15. The molecule has 4 nitrogen and oxygen atoms in total. The minimum absolute atomic E-state index is 0.0403. The predicted octanol–water partition coefficient (Wildman–Crippen LogP) is 3.42. The zero-order valence-corrected chi connectivity index (χ0v) is 14.5. The van der Waals surface area contributed by atoms with Gasteiger partial charge in [-0.25, -0.2) is 4.98 Å². The van der Waals surface area contributed by atoms with E-state index in [1.165, 1.54) is 24.6 Å². The number of hydrogen-bond donors (Lipinski definition) is 1. The van der Waals surface area contributed by atoms with Crippen molar-refractivity contribution in [3.05, 3.63) is 22.4 Å². The molecule has 1 atom stereocenters. The standard InChI is InChI=1S/C17H23N3OS/c1-10-11(2)15(9-18)17(19-12(10)3)22-13(4)16(21)20-14-7-5-6-8-14/h13-14H,5-8H2,1-4H3,(H,20,21)/t13-/m0/s1. The van der Waals surface area contributed by atoms with E-state index < -0.39 is 0 Å². The van der Waals surface area contributed by atoms with Crippen molar-refractivity contribution in [1.82, 2.24) is 10.3 Å². The van der Waals surface area contributed by atoms with Gasteiger partial charge >= 0.3 is 0 Å². The smallest absolute Gasteiger partial charge is 0.233 e. The van der Waals surface area contributed by atoms with Crippen LogP contribution in [0.5, 0.6) is 0 Å². The number of rotatable bonds is 4. The molecule has 0 unspecified atom stereocenters. The summed E-state index contributed by atoms with van der Waals surface area (Å²) in [6.07, 6.45) is 4.55. The van der Waals surface area contributed by atoms with Crippen molar-refractivity contribution in [2.24, 2.45) is 0 Å². The van der Waals surface area contributed by atoms with Crippen LogP contribution in [0.3, 0.4) is 0 Å². The number of nitriles is 1. The molecule has 1 saturated carbocycles. The Morgan fingerprint density at radius 1 is 1.32 bits per heavy atom. The Morgan fingerprint density at radius 2 is 1.95 bits per heavy atom. The van der Waals surface area contributed by atoms with Crippen LogP contribution in [0.1, 0.15) is 55.0 Å². The summed E-state index contributed by atoms with van der Waals surface area (Å²) in [5.74, 6) is 0.0403. The van der Waals surface area contributed by atoms with Crippen LogP contribution in [0.15, 0.2) is 5.03 Å². The lowest BCUT2D eigenvalue weighted by Crippen LogP contribution is -2.37. The minimum Gasteiger partial charge on any atom is -0.352 e. The molecule has 1 fully saturated rings. The molecule has 0 radical (unpaired) electrons. The van der Waals surface area contributed by atoms with Crippen molar-refractivity contribution < 1.29 is 4.79 Å². The van der Waals surface area contributed by atoms with Gasteiger partial charge in [0.2, 0.25) is 5.91 Å². The van der Waals surface area contributed by atoms with Gasteiger partial charge in [-0.3, -0.25) is 4.79 Å². The lowest BCUT2D eigenvalue weighted by Gasteiger charge is -2.17. The first-order valence-corrected chi connectivity index (χ1v) is 8.67. The van der Waals surface area contributed by atoms with Crippen LogP contribution in [-0.4, -0.2) is 22.2 Å². The van der Waals surface area contributed by atoms with Gasteiger partial charge in [0, 0.05) is 11.7 Å². The van der Waals surface area contributed by atoms with E-state index in [1.54, 1.807) is 0 Å². The van der Waals surface area contributed by atoms with Gasteiger partial charge in [0.1, 0.15) is 11.1 Å². The molecule has 5 heteroatoms. The maximum Gasteiger partial charge on any atom is 0.233 e. The molecule has 1 N–H and O–H groups in total. The van der Waals surface area contributed by atoms with Gasteiger partial charge in [-0.2, -0.15) is 5.26 Å². The van der Waals surface area contributed by atoms with E-state index in [9.17, 15) is 10.1 Å². The quantitative estimate of drug-likeness (QED) is 0.864. The fourth-order valence-corrected chi connectivity index (χ4v) is 3.75. The minimum atomic E-state index is -0.248. The normalized spacial score (nSPS) is 16.3. The summed E-state index contributed by atoms with van der Waals surface area (Å²) >= 11 is 1.38. The number of carbonyl (C=O) groups is 1. The van der Waals surface area contributed by atoms with Gasteiger partial charge in [0.25, 0.3) is 0 Å². The first-order valence-electron chi connectivity index (χ1n) is 7.79. The van der Waals surface area contributed by atoms with Crippen molar-refractivity contribution in [1.29, 1.82) is 5.26 Å². The highest BCUT2D eigenvalue weighted by Crippen LogP contribution is 2.29. The Morgan fingerprint density at radius 3 is 2.55 bits per heavy atom. The van der Waals surface area contributed by atoms with Gasteiger partial charge < -0.3 is 5.32 Å². The highest BCUT2D eigenvalue weighted by atomic mass is 32.2. The molecule has 1 heterocycles. The van der Waals surface area contributed by atoms with E-state index in [0.29, 0.717) is 16.6 Å². The molecule has 1 aromatic rings. The topological polar surface area (TPSA) is 65.8 Å². The van der Waals surface area contributed by atoms with Gasteiger partial charge in [0.15, 0.2) is 0 Å². The lowest BCUT2D eigenvalue weighted by molar-refractivity contribution is -0.120. The molecule has 0 aromatic carbocycles. The monoisotopic (exact) mass is 317 g/mol. The molecule has 2 rings (SSSR count). The number of carbonyl (C=O) groups excluding carboxylic acids is 1.